The van der Waals surface area contributed by atoms with Crippen LogP contribution in [0, 0.1) is 11.8 Å². The van der Waals surface area contributed by atoms with Crippen molar-refractivity contribution >= 4 is 24.1 Å². The number of carbonyl (C=O) groups excluding carboxylic acids is 2. The Morgan fingerprint density at radius 2 is 1.00 bits per heavy atom. The topological polar surface area (TPSA) is 52.6 Å². The van der Waals surface area contributed by atoms with E-state index in [0.29, 0.717) is 37.2 Å². The van der Waals surface area contributed by atoms with Gasteiger partial charge in [-0.2, -0.15) is 0 Å². The molecule has 0 atom stereocenters. The molecule has 1 fully saturated rings. The molecule has 4 nitrogen and oxygen atoms in total. The second kappa shape index (κ2) is 9.18. The summed E-state index contributed by atoms with van der Waals surface area (Å²) < 4.78 is 10.9. The van der Waals surface area contributed by atoms with E-state index in [4.69, 9.17) is 9.47 Å². The summed E-state index contributed by atoms with van der Waals surface area (Å²) in [7, 11) is 0. The van der Waals surface area contributed by atoms with E-state index in [1.807, 2.05) is 24.3 Å². The fraction of sp³-hybridized carbons (Fsp3) is 0.250. The summed E-state index contributed by atoms with van der Waals surface area (Å²) in [6.07, 6.45) is 5.97. The van der Waals surface area contributed by atoms with Gasteiger partial charge in [-0.3, -0.25) is 9.59 Å². The minimum absolute atomic E-state index is 0.185. The Hall–Kier alpha value is -3.14. The number of benzene rings is 2. The largest absolute Gasteiger partial charge is 0.426 e. The van der Waals surface area contributed by atoms with Gasteiger partial charge in [-0.25, -0.2) is 0 Å². The van der Waals surface area contributed by atoms with Crippen LogP contribution in [0.15, 0.2) is 61.7 Å². The van der Waals surface area contributed by atoms with Gasteiger partial charge in [0, 0.05) is 0 Å². The molecular formula is C24H24O4. The van der Waals surface area contributed by atoms with Crippen LogP contribution < -0.4 is 9.47 Å². The minimum Gasteiger partial charge on any atom is -0.426 e. The summed E-state index contributed by atoms with van der Waals surface area (Å²) in [5.74, 6) is 0.210. The van der Waals surface area contributed by atoms with E-state index >= 15 is 0 Å². The molecule has 3 rings (SSSR count). The van der Waals surface area contributed by atoms with E-state index in [1.54, 1.807) is 36.4 Å². The summed E-state index contributed by atoms with van der Waals surface area (Å²) in [6.45, 7) is 7.40. The number of hydrogen-bond donors (Lipinski definition) is 0. The van der Waals surface area contributed by atoms with Gasteiger partial charge in [0.15, 0.2) is 0 Å². The van der Waals surface area contributed by atoms with Crippen molar-refractivity contribution in [1.82, 2.24) is 0 Å². The molecule has 0 spiro atoms. The smallest absolute Gasteiger partial charge is 0.314 e. The third kappa shape index (κ3) is 4.97. The average molecular weight is 376 g/mol. The van der Waals surface area contributed by atoms with Crippen molar-refractivity contribution in [3.8, 4) is 11.5 Å². The molecule has 1 aliphatic carbocycles. The monoisotopic (exact) mass is 376 g/mol. The van der Waals surface area contributed by atoms with Crippen molar-refractivity contribution in [2.75, 3.05) is 0 Å². The zero-order valence-corrected chi connectivity index (χ0v) is 15.8. The van der Waals surface area contributed by atoms with Gasteiger partial charge in [0.05, 0.1) is 11.8 Å². The molecule has 28 heavy (non-hydrogen) atoms. The second-order valence-corrected chi connectivity index (χ2v) is 6.94. The predicted molar refractivity (Wildman–Crippen MR) is 110 cm³/mol. The third-order valence-electron chi connectivity index (χ3n) is 5.06. The SMILES string of the molecule is C=Cc1ccc(OC(=O)C2CCC(C(=O)Oc3ccc(C=C)cc3)CC2)cc1. The number of hydrogen-bond acceptors (Lipinski definition) is 4. The van der Waals surface area contributed by atoms with Crippen LogP contribution in [-0.2, 0) is 9.59 Å². The van der Waals surface area contributed by atoms with Gasteiger partial charge in [-0.05, 0) is 61.1 Å². The highest BCUT2D eigenvalue weighted by Crippen LogP contribution is 2.31. The van der Waals surface area contributed by atoms with Gasteiger partial charge >= 0.3 is 11.9 Å². The molecule has 0 heterocycles. The molecule has 0 N–H and O–H groups in total. The lowest BCUT2D eigenvalue weighted by Gasteiger charge is -2.25. The van der Waals surface area contributed by atoms with E-state index in [0.717, 1.165) is 11.1 Å². The Kier molecular flexibility index (Phi) is 6.43. The van der Waals surface area contributed by atoms with E-state index < -0.39 is 0 Å². The summed E-state index contributed by atoms with van der Waals surface area (Å²) >= 11 is 0. The molecule has 2 aromatic carbocycles. The number of rotatable bonds is 6. The molecule has 0 radical (unpaired) electrons. The van der Waals surface area contributed by atoms with E-state index in [2.05, 4.69) is 13.2 Å². The second-order valence-electron chi connectivity index (χ2n) is 6.94. The highest BCUT2D eigenvalue weighted by atomic mass is 16.5. The maximum atomic E-state index is 12.4. The van der Waals surface area contributed by atoms with Crippen LogP contribution in [-0.4, -0.2) is 11.9 Å². The maximum absolute atomic E-state index is 12.4. The first-order valence-corrected chi connectivity index (χ1v) is 9.47. The zero-order valence-electron chi connectivity index (χ0n) is 15.8. The highest BCUT2D eigenvalue weighted by molar-refractivity contribution is 5.78. The third-order valence-corrected chi connectivity index (χ3v) is 5.06. The summed E-state index contributed by atoms with van der Waals surface area (Å²) in [5, 5.41) is 0. The van der Waals surface area contributed by atoms with Gasteiger partial charge in [0.2, 0.25) is 0 Å². The highest BCUT2D eigenvalue weighted by Gasteiger charge is 2.32. The molecule has 1 saturated carbocycles. The number of esters is 2. The normalized spacial score (nSPS) is 18.7. The van der Waals surface area contributed by atoms with Crippen LogP contribution in [0.1, 0.15) is 36.8 Å². The summed E-state index contributed by atoms with van der Waals surface area (Å²) in [4.78, 5) is 24.8. The van der Waals surface area contributed by atoms with Crippen molar-refractivity contribution in [2.45, 2.75) is 25.7 Å². The molecule has 0 unspecified atom stereocenters. The van der Waals surface area contributed by atoms with Gasteiger partial charge in [0.1, 0.15) is 11.5 Å². The van der Waals surface area contributed by atoms with E-state index in [9.17, 15) is 9.59 Å². The van der Waals surface area contributed by atoms with Crippen molar-refractivity contribution in [2.24, 2.45) is 11.8 Å². The lowest BCUT2D eigenvalue weighted by Crippen LogP contribution is -2.30. The minimum atomic E-state index is -0.238. The van der Waals surface area contributed by atoms with Crippen LogP contribution >= 0.6 is 0 Å². The van der Waals surface area contributed by atoms with Crippen LogP contribution in [0.5, 0.6) is 11.5 Å². The van der Waals surface area contributed by atoms with Gasteiger partial charge in [-0.15, -0.1) is 0 Å². The molecule has 0 aromatic heterocycles. The first-order valence-electron chi connectivity index (χ1n) is 9.47. The zero-order chi connectivity index (χ0) is 19.9. The van der Waals surface area contributed by atoms with Gasteiger partial charge in [-0.1, -0.05) is 49.6 Å². The van der Waals surface area contributed by atoms with Crippen LogP contribution in [0.25, 0.3) is 12.2 Å². The molecule has 0 amide bonds. The Morgan fingerprint density at radius 3 is 1.29 bits per heavy atom. The molecule has 0 aliphatic heterocycles. The Morgan fingerprint density at radius 1 is 0.679 bits per heavy atom. The Balaban J connectivity index is 1.48. The van der Waals surface area contributed by atoms with Crippen LogP contribution in [0.3, 0.4) is 0 Å². The van der Waals surface area contributed by atoms with E-state index in [-0.39, 0.29) is 23.8 Å². The molecule has 144 valence electrons. The average Bonchev–Trinajstić information content (AvgIpc) is 2.75. The first-order chi connectivity index (χ1) is 13.6. The molecule has 1 aliphatic rings. The van der Waals surface area contributed by atoms with Crippen molar-refractivity contribution in [1.29, 1.82) is 0 Å². The fourth-order valence-electron chi connectivity index (χ4n) is 3.31. The standard InChI is InChI=1S/C24H24O4/c1-3-17-5-13-21(14-6-17)27-23(25)19-9-11-20(12-10-19)24(26)28-22-15-7-18(4-2)8-16-22/h3-8,13-16,19-20H,1-2,9-12H2. The lowest BCUT2D eigenvalue weighted by atomic mass is 9.82. The van der Waals surface area contributed by atoms with E-state index in [1.165, 1.54) is 0 Å². The molecule has 0 saturated heterocycles. The quantitative estimate of drug-likeness (QED) is 0.508. The van der Waals surface area contributed by atoms with Crippen molar-refractivity contribution < 1.29 is 19.1 Å². The number of ether oxygens (including phenoxy) is 2. The molecule has 4 heteroatoms. The van der Waals surface area contributed by atoms with Gasteiger partial charge in [0.25, 0.3) is 0 Å². The molecule has 2 aromatic rings. The number of carbonyl (C=O) groups is 2. The Labute approximate surface area is 165 Å². The van der Waals surface area contributed by atoms with Crippen LogP contribution in [0.2, 0.25) is 0 Å². The predicted octanol–water partition coefficient (Wildman–Crippen LogP) is 5.29. The Bertz CT molecular complexity index is 768. The molecular weight excluding hydrogens is 352 g/mol. The summed E-state index contributed by atoms with van der Waals surface area (Å²) in [6, 6.07) is 14.4. The van der Waals surface area contributed by atoms with Crippen molar-refractivity contribution in [3.05, 3.63) is 72.8 Å². The summed E-state index contributed by atoms with van der Waals surface area (Å²) in [5.41, 5.74) is 1.94. The fourth-order valence-corrected chi connectivity index (χ4v) is 3.31. The van der Waals surface area contributed by atoms with Crippen molar-refractivity contribution in [3.63, 3.8) is 0 Å². The lowest BCUT2D eigenvalue weighted by molar-refractivity contribution is -0.145. The first kappa shape index (κ1) is 19.6. The maximum Gasteiger partial charge on any atom is 0.314 e. The molecule has 0 bridgehead atoms. The van der Waals surface area contributed by atoms with Gasteiger partial charge < -0.3 is 9.47 Å². The van der Waals surface area contributed by atoms with Crippen LogP contribution in [0.4, 0.5) is 0 Å².